The number of carbonyl (C=O) groups excluding carboxylic acids is 1. The van der Waals surface area contributed by atoms with Gasteiger partial charge in [-0.3, -0.25) is 9.52 Å². The number of fused-ring (bicyclic) bond motifs is 1. The van der Waals surface area contributed by atoms with Crippen LogP contribution >= 0.6 is 12.8 Å². The lowest BCUT2D eigenvalue weighted by Gasteiger charge is -2.19. The van der Waals surface area contributed by atoms with Gasteiger partial charge in [-0.25, -0.2) is 14.4 Å². The summed E-state index contributed by atoms with van der Waals surface area (Å²) in [6.45, 7) is 5.77. The van der Waals surface area contributed by atoms with Gasteiger partial charge in [0.05, 0.1) is 17.2 Å². The molecule has 4 rings (SSSR count). The normalized spacial score (nSPS) is 11.0. The van der Waals surface area contributed by atoms with Crippen LogP contribution in [-0.2, 0) is 0 Å². The molecule has 0 saturated carbocycles. The van der Waals surface area contributed by atoms with Gasteiger partial charge in [-0.2, -0.15) is 0 Å². The molecule has 0 atom stereocenters. The molecular weight excluding hydrogens is 451 g/mol. The number of aryl methyl sites for hydroxylation is 1. The third-order valence-electron chi connectivity index (χ3n) is 5.43. The molecule has 3 aromatic carbocycles. The molecule has 8 heteroatoms. The molecule has 1 heterocycles. The van der Waals surface area contributed by atoms with Crippen molar-refractivity contribution < 1.29 is 13.9 Å². The van der Waals surface area contributed by atoms with E-state index in [1.165, 1.54) is 6.07 Å². The Balaban J connectivity index is 1.69. The van der Waals surface area contributed by atoms with E-state index in [4.69, 9.17) is 4.74 Å². The molecule has 4 aromatic rings. The summed E-state index contributed by atoms with van der Waals surface area (Å²) in [4.78, 5) is 23.1. The Morgan fingerprint density at radius 3 is 2.68 bits per heavy atom. The van der Waals surface area contributed by atoms with E-state index in [9.17, 15) is 4.79 Å². The maximum Gasteiger partial charge on any atom is 0.263 e. The van der Waals surface area contributed by atoms with E-state index in [1.807, 2.05) is 62.2 Å². The van der Waals surface area contributed by atoms with Crippen LogP contribution in [0.5, 0.6) is 5.75 Å². The first-order valence-corrected chi connectivity index (χ1v) is 11.2. The first-order chi connectivity index (χ1) is 16.3. The largest absolute Gasteiger partial charge is 0.491 e. The van der Waals surface area contributed by atoms with Crippen molar-refractivity contribution in [2.75, 3.05) is 11.9 Å². The number of hydrogen-bond donors (Lipinski definition) is 2. The highest BCUT2D eigenvalue weighted by Gasteiger charge is 2.18. The summed E-state index contributed by atoms with van der Waals surface area (Å²) in [7, 11) is 1.89. The molecule has 0 saturated heterocycles. The molecule has 0 radical (unpaired) electrons. The molecule has 0 bridgehead atoms. The van der Waals surface area contributed by atoms with Gasteiger partial charge in [0.25, 0.3) is 5.91 Å². The van der Waals surface area contributed by atoms with Crippen LogP contribution in [-0.4, -0.2) is 29.0 Å². The number of nitrogens with zero attached hydrogens (tertiary/aromatic N) is 3. The van der Waals surface area contributed by atoms with Crippen molar-refractivity contribution >= 4 is 41.3 Å². The predicted molar refractivity (Wildman–Crippen MR) is 136 cm³/mol. The highest BCUT2D eigenvalue weighted by Crippen LogP contribution is 2.32. The molecule has 34 heavy (non-hydrogen) atoms. The molecule has 174 valence electrons. The van der Waals surface area contributed by atoms with E-state index < -0.39 is 11.7 Å². The van der Waals surface area contributed by atoms with Crippen molar-refractivity contribution in [2.45, 2.75) is 26.9 Å². The van der Waals surface area contributed by atoms with Crippen LogP contribution in [0, 0.1) is 12.7 Å². The number of rotatable bonds is 6. The fraction of sp³-hybridized carbons (Fsp3) is 0.192. The van der Waals surface area contributed by atoms with Gasteiger partial charge in [-0.05, 0) is 62.2 Å². The summed E-state index contributed by atoms with van der Waals surface area (Å²) in [5.74, 6) is 0.112. The maximum absolute atomic E-state index is 15.2. The second kappa shape index (κ2) is 9.69. The summed E-state index contributed by atoms with van der Waals surface area (Å²) < 4.78 is 23.1. The summed E-state index contributed by atoms with van der Waals surface area (Å²) in [5.41, 5.74) is 3.27. The third kappa shape index (κ3) is 4.68. The number of halogens is 1. The highest BCUT2D eigenvalue weighted by molar-refractivity contribution is 7.78. The van der Waals surface area contributed by atoms with Gasteiger partial charge in [-0.15, -0.1) is 0 Å². The second-order valence-electron chi connectivity index (χ2n) is 8.23. The minimum absolute atomic E-state index is 0.0624. The summed E-state index contributed by atoms with van der Waals surface area (Å²) in [5, 5.41) is 0.759. The standard InChI is InChI=1S/C26H25FN4O2S/c1-15(2)33-20-7-5-6-19(13-20)31(4)26-28-14-18-12-17(9-11-22(18)29-26)23-16(3)8-10-21(24(23)27)25(32)30-34/h5-15,34H,1-4H3,(H,30,32). The van der Waals surface area contributed by atoms with E-state index in [0.29, 0.717) is 22.6 Å². The van der Waals surface area contributed by atoms with Gasteiger partial charge in [0.1, 0.15) is 11.6 Å². The second-order valence-corrected chi connectivity index (χ2v) is 8.45. The Kier molecular flexibility index (Phi) is 6.70. The van der Waals surface area contributed by atoms with E-state index in [1.54, 1.807) is 25.3 Å². The summed E-state index contributed by atoms with van der Waals surface area (Å²) in [6, 6.07) is 16.4. The van der Waals surface area contributed by atoms with Crippen LogP contribution in [0.15, 0.2) is 60.8 Å². The molecule has 0 aliphatic rings. The van der Waals surface area contributed by atoms with E-state index in [2.05, 4.69) is 27.5 Å². The van der Waals surface area contributed by atoms with Crippen molar-refractivity contribution in [1.29, 1.82) is 0 Å². The van der Waals surface area contributed by atoms with Crippen LogP contribution in [0.25, 0.3) is 22.0 Å². The minimum Gasteiger partial charge on any atom is -0.491 e. The maximum atomic E-state index is 15.2. The Hall–Kier alpha value is -3.65. The topological polar surface area (TPSA) is 67.4 Å². The monoisotopic (exact) mass is 476 g/mol. The molecule has 1 aromatic heterocycles. The van der Waals surface area contributed by atoms with Crippen LogP contribution in [0.3, 0.4) is 0 Å². The average molecular weight is 477 g/mol. The molecule has 0 spiro atoms. The lowest BCUT2D eigenvalue weighted by molar-refractivity contribution is 0.0981. The van der Waals surface area contributed by atoms with Crippen LogP contribution in [0.2, 0.25) is 0 Å². The Morgan fingerprint density at radius 2 is 1.94 bits per heavy atom. The summed E-state index contributed by atoms with van der Waals surface area (Å²) in [6.07, 6.45) is 1.79. The lowest BCUT2D eigenvalue weighted by atomic mass is 9.96. The SMILES string of the molecule is Cc1ccc(C(=O)NS)c(F)c1-c1ccc2nc(N(C)c3cccc(OC(C)C)c3)ncc2c1. The van der Waals surface area contributed by atoms with Crippen molar-refractivity contribution in [1.82, 2.24) is 14.7 Å². The molecule has 6 nitrogen and oxygen atoms in total. The van der Waals surface area contributed by atoms with Gasteiger partial charge in [-0.1, -0.05) is 31.0 Å². The van der Waals surface area contributed by atoms with Crippen LogP contribution in [0.4, 0.5) is 16.0 Å². The number of anilines is 2. The van der Waals surface area contributed by atoms with Crippen molar-refractivity contribution in [3.05, 3.63) is 77.7 Å². The lowest BCUT2D eigenvalue weighted by Crippen LogP contribution is -2.15. The zero-order valence-electron chi connectivity index (χ0n) is 19.3. The summed E-state index contributed by atoms with van der Waals surface area (Å²) >= 11 is 3.75. The molecule has 0 fully saturated rings. The molecular formula is C26H25FN4O2S. The van der Waals surface area contributed by atoms with E-state index in [0.717, 1.165) is 22.3 Å². The zero-order chi connectivity index (χ0) is 24.4. The Labute approximate surface area is 203 Å². The number of amides is 1. The van der Waals surface area contributed by atoms with Crippen LogP contribution in [0.1, 0.15) is 29.8 Å². The minimum atomic E-state index is -0.596. The average Bonchev–Trinajstić information content (AvgIpc) is 2.82. The van der Waals surface area contributed by atoms with Gasteiger partial charge >= 0.3 is 0 Å². The number of carbonyl (C=O) groups is 1. The fourth-order valence-corrected chi connectivity index (χ4v) is 3.88. The first-order valence-electron chi connectivity index (χ1n) is 10.8. The number of thiol groups is 1. The fourth-order valence-electron chi connectivity index (χ4n) is 3.76. The molecule has 0 unspecified atom stereocenters. The number of hydrogen-bond acceptors (Lipinski definition) is 6. The van der Waals surface area contributed by atoms with Crippen molar-refractivity contribution in [2.24, 2.45) is 0 Å². The van der Waals surface area contributed by atoms with Gasteiger partial charge in [0.2, 0.25) is 5.95 Å². The first kappa shape index (κ1) is 23.5. The molecule has 0 aliphatic carbocycles. The van der Waals surface area contributed by atoms with Crippen molar-refractivity contribution in [3.8, 4) is 16.9 Å². The van der Waals surface area contributed by atoms with Gasteiger partial charge < -0.3 is 9.64 Å². The Morgan fingerprint density at radius 1 is 1.15 bits per heavy atom. The van der Waals surface area contributed by atoms with Gasteiger partial charge in [0, 0.05) is 35.9 Å². The smallest absolute Gasteiger partial charge is 0.263 e. The number of aromatic nitrogens is 2. The van der Waals surface area contributed by atoms with Crippen LogP contribution < -0.4 is 14.4 Å². The number of benzene rings is 3. The Bertz CT molecular complexity index is 1380. The van der Waals surface area contributed by atoms with Gasteiger partial charge in [0.15, 0.2) is 0 Å². The van der Waals surface area contributed by atoms with E-state index in [-0.39, 0.29) is 11.7 Å². The zero-order valence-corrected chi connectivity index (χ0v) is 20.2. The quantitative estimate of drug-likeness (QED) is 0.341. The molecule has 0 aliphatic heterocycles. The van der Waals surface area contributed by atoms with E-state index >= 15 is 4.39 Å². The highest BCUT2D eigenvalue weighted by atomic mass is 32.1. The van der Waals surface area contributed by atoms with Crippen molar-refractivity contribution in [3.63, 3.8) is 0 Å². The molecule has 1 amide bonds. The number of ether oxygens (including phenoxy) is 1. The predicted octanol–water partition coefficient (Wildman–Crippen LogP) is 5.87. The third-order valence-corrected chi connectivity index (χ3v) is 5.63. The number of nitrogens with one attached hydrogen (secondary N) is 1. The molecule has 1 N–H and O–H groups in total.